The van der Waals surface area contributed by atoms with E-state index in [0.29, 0.717) is 0 Å². The lowest BCUT2D eigenvalue weighted by Crippen LogP contribution is -2.56. The monoisotopic (exact) mass is 337 g/mol. The van der Waals surface area contributed by atoms with Crippen molar-refractivity contribution in [1.82, 2.24) is 24.6 Å². The summed E-state index contributed by atoms with van der Waals surface area (Å²) in [5.74, 6) is 0. The second-order valence-corrected chi connectivity index (χ2v) is 8.08. The van der Waals surface area contributed by atoms with Crippen LogP contribution in [0.25, 0.3) is 0 Å². The third kappa shape index (κ3) is 4.98. The first-order valence-corrected chi connectivity index (χ1v) is 10.0. The maximum atomic E-state index is 5.67. The summed E-state index contributed by atoms with van der Waals surface area (Å²) < 4.78 is 7.49. The fourth-order valence-corrected chi connectivity index (χ4v) is 6.99. The maximum Gasteiger partial charge on any atom is 0.324 e. The smallest absolute Gasteiger partial charge is 0.324 e. The van der Waals surface area contributed by atoms with Gasteiger partial charge in [0.2, 0.25) is 0 Å². The van der Waals surface area contributed by atoms with Crippen molar-refractivity contribution < 1.29 is 0 Å². The van der Waals surface area contributed by atoms with Crippen molar-refractivity contribution in [1.29, 1.82) is 0 Å². The van der Waals surface area contributed by atoms with Gasteiger partial charge >= 0.3 is 7.87 Å². The Morgan fingerprint density at radius 1 is 0.810 bits per heavy atom. The molecule has 0 aliphatic heterocycles. The average molecular weight is 337 g/mol. The lowest BCUT2D eigenvalue weighted by atomic mass is 10.7. The molecule has 0 aliphatic rings. The van der Waals surface area contributed by atoms with Gasteiger partial charge in [-0.3, -0.25) is 5.43 Å². The Hall–Kier alpha value is -0.0400. The third-order valence-corrected chi connectivity index (χ3v) is 8.28. The largest absolute Gasteiger partial charge is 0.375 e. The van der Waals surface area contributed by atoms with Crippen LogP contribution >= 0.6 is 20.1 Å². The lowest BCUT2D eigenvalue weighted by Gasteiger charge is -2.45. The molecular formula is C13H34N6PS+. The van der Waals surface area contributed by atoms with Crippen LogP contribution in [0.15, 0.2) is 0 Å². The van der Waals surface area contributed by atoms with Crippen LogP contribution in [0.5, 0.6) is 0 Å². The molecule has 0 amide bonds. The fourth-order valence-electron chi connectivity index (χ4n) is 2.73. The molecule has 0 atom stereocenters. The number of hydrogen-bond donors (Lipinski definition) is 3. The number of rotatable bonds is 11. The van der Waals surface area contributed by atoms with Crippen molar-refractivity contribution in [3.8, 4) is 0 Å². The van der Waals surface area contributed by atoms with Gasteiger partial charge in [-0.1, -0.05) is 5.20 Å². The Bertz CT molecular complexity index is 261. The molecular weight excluding hydrogens is 303 g/mol. The summed E-state index contributed by atoms with van der Waals surface area (Å²) >= 11 is 5.01. The zero-order valence-electron chi connectivity index (χ0n) is 14.5. The van der Waals surface area contributed by atoms with E-state index in [0.717, 1.165) is 39.3 Å². The molecule has 0 saturated heterocycles. The van der Waals surface area contributed by atoms with Crippen LogP contribution in [0.1, 0.15) is 41.5 Å². The Balaban J connectivity index is 5.82. The maximum absolute atomic E-state index is 5.67. The van der Waals surface area contributed by atoms with E-state index in [9.17, 15) is 0 Å². The highest BCUT2D eigenvalue weighted by Crippen LogP contribution is 2.63. The van der Waals surface area contributed by atoms with E-state index in [-0.39, 0.29) is 5.11 Å². The van der Waals surface area contributed by atoms with E-state index < -0.39 is 7.87 Å². The van der Waals surface area contributed by atoms with Crippen LogP contribution in [0, 0.1) is 0 Å². The quantitative estimate of drug-likeness (QED) is 0.303. The van der Waals surface area contributed by atoms with Crippen LogP contribution in [0.3, 0.4) is 0 Å². The second kappa shape index (κ2) is 10.6. The van der Waals surface area contributed by atoms with Crippen LogP contribution in [-0.4, -0.2) is 58.4 Å². The van der Waals surface area contributed by atoms with Gasteiger partial charge in [0.15, 0.2) is 5.11 Å². The van der Waals surface area contributed by atoms with Gasteiger partial charge in [-0.05, 0) is 53.8 Å². The van der Waals surface area contributed by atoms with E-state index in [1.807, 2.05) is 0 Å². The van der Waals surface area contributed by atoms with Gasteiger partial charge in [-0.2, -0.15) is 0 Å². The molecule has 0 heterocycles. The van der Waals surface area contributed by atoms with Crippen LogP contribution in [-0.2, 0) is 0 Å². The average Bonchev–Trinajstić information content (AvgIpc) is 2.48. The lowest BCUT2D eigenvalue weighted by molar-refractivity contribution is 0.315. The molecule has 0 rings (SSSR count). The van der Waals surface area contributed by atoms with Gasteiger partial charge < -0.3 is 5.73 Å². The zero-order valence-corrected chi connectivity index (χ0v) is 16.2. The molecule has 126 valence electrons. The van der Waals surface area contributed by atoms with Crippen molar-refractivity contribution >= 4 is 25.2 Å². The predicted molar refractivity (Wildman–Crippen MR) is 98.7 cm³/mol. The van der Waals surface area contributed by atoms with Crippen molar-refractivity contribution in [2.45, 2.75) is 41.5 Å². The number of hydrogen-bond acceptors (Lipinski definition) is 5. The summed E-state index contributed by atoms with van der Waals surface area (Å²) in [6.45, 7) is 19.1. The fraction of sp³-hybridized carbons (Fsp3) is 0.923. The van der Waals surface area contributed by atoms with E-state index in [2.05, 4.69) is 66.2 Å². The molecule has 0 bridgehead atoms. The molecule has 0 aromatic heterocycles. The molecule has 0 saturated carbocycles. The van der Waals surface area contributed by atoms with Gasteiger partial charge in [0, 0.05) is 39.3 Å². The molecule has 0 aromatic rings. The van der Waals surface area contributed by atoms with E-state index in [1.54, 1.807) is 0 Å². The number of nitrogens with zero attached hydrogens (tertiary/aromatic N) is 3. The van der Waals surface area contributed by atoms with Gasteiger partial charge in [0.1, 0.15) is 0 Å². The topological polar surface area (TPSA) is 59.8 Å². The van der Waals surface area contributed by atoms with E-state index >= 15 is 0 Å². The highest BCUT2D eigenvalue weighted by molar-refractivity contribution is 7.80. The van der Waals surface area contributed by atoms with Gasteiger partial charge in [0.25, 0.3) is 0 Å². The minimum Gasteiger partial charge on any atom is -0.375 e. The SMILES string of the molecule is CCN(CC)[P+](NNC(N)=S)(N(CC)CC)N(CC)CC. The molecule has 0 unspecified atom stereocenters. The summed E-state index contributed by atoms with van der Waals surface area (Å²) in [5, 5.41) is 3.79. The van der Waals surface area contributed by atoms with Crippen molar-refractivity contribution in [2.75, 3.05) is 39.3 Å². The van der Waals surface area contributed by atoms with Crippen molar-refractivity contribution in [3.05, 3.63) is 0 Å². The standard InChI is InChI=1S/C13H33N6PS/c1-7-17(8-2)20(16-15-13(14)21,18(9-3)10-4)19(11-5)12-6/h16H,7-12H2,1-6H3,(H2-,14,15,21)/p+1. The molecule has 8 heteroatoms. The summed E-state index contributed by atoms with van der Waals surface area (Å²) in [6.07, 6.45) is 0. The highest BCUT2D eigenvalue weighted by Gasteiger charge is 2.54. The summed E-state index contributed by atoms with van der Waals surface area (Å²) in [7, 11) is -1.91. The van der Waals surface area contributed by atoms with Crippen molar-refractivity contribution in [3.63, 3.8) is 0 Å². The number of hydrazine groups is 1. The van der Waals surface area contributed by atoms with Gasteiger partial charge in [-0.25, -0.2) is 0 Å². The third-order valence-electron chi connectivity index (χ3n) is 3.70. The van der Waals surface area contributed by atoms with Crippen LogP contribution in [0.2, 0.25) is 0 Å². The predicted octanol–water partition coefficient (Wildman–Crippen LogP) is 2.03. The van der Waals surface area contributed by atoms with Crippen LogP contribution < -0.4 is 16.4 Å². The molecule has 0 radical (unpaired) electrons. The minimum absolute atomic E-state index is 0.283. The summed E-state index contributed by atoms with van der Waals surface area (Å²) in [4.78, 5) is 0. The highest BCUT2D eigenvalue weighted by atomic mass is 32.1. The molecule has 0 spiro atoms. The van der Waals surface area contributed by atoms with Crippen LogP contribution in [0.4, 0.5) is 0 Å². The Morgan fingerprint density at radius 2 is 1.10 bits per heavy atom. The normalized spacial score (nSPS) is 12.4. The minimum atomic E-state index is -1.91. The Morgan fingerprint density at radius 3 is 1.29 bits per heavy atom. The Kier molecular flexibility index (Phi) is 10.6. The van der Waals surface area contributed by atoms with Crippen molar-refractivity contribution in [2.24, 2.45) is 5.73 Å². The first-order chi connectivity index (χ1) is 9.97. The number of thiocarbonyl (C=S) groups is 1. The van der Waals surface area contributed by atoms with E-state index in [4.69, 9.17) is 18.0 Å². The summed E-state index contributed by atoms with van der Waals surface area (Å²) in [5.41, 5.74) is 8.69. The second-order valence-electron chi connectivity index (χ2n) is 4.59. The summed E-state index contributed by atoms with van der Waals surface area (Å²) in [6, 6.07) is 0. The number of nitrogens with one attached hydrogen (secondary N) is 2. The van der Waals surface area contributed by atoms with Gasteiger partial charge in [0.05, 0.1) is 0 Å². The molecule has 21 heavy (non-hydrogen) atoms. The zero-order chi connectivity index (χ0) is 16.5. The first-order valence-electron chi connectivity index (χ1n) is 7.96. The van der Waals surface area contributed by atoms with Gasteiger partial charge in [-0.15, -0.1) is 14.0 Å². The molecule has 0 fully saturated rings. The Labute approximate surface area is 136 Å². The molecule has 0 aliphatic carbocycles. The molecule has 4 N–H and O–H groups in total. The molecule has 0 aromatic carbocycles. The molecule has 6 nitrogen and oxygen atoms in total. The van der Waals surface area contributed by atoms with E-state index in [1.165, 1.54) is 0 Å². The number of nitrogens with two attached hydrogens (primary N) is 1. The first kappa shape index (κ1) is 21.0.